The van der Waals surface area contributed by atoms with E-state index in [0.717, 1.165) is 21.7 Å². The van der Waals surface area contributed by atoms with E-state index in [1.165, 1.54) is 11.8 Å². The second-order valence-corrected chi connectivity index (χ2v) is 5.13. The molecule has 0 spiro atoms. The second-order valence-electron chi connectivity index (χ2n) is 4.07. The molecular weight excluding hydrogens is 258 g/mol. The van der Waals surface area contributed by atoms with Crippen molar-refractivity contribution < 1.29 is 4.74 Å². The van der Waals surface area contributed by atoms with Gasteiger partial charge in [0.25, 0.3) is 0 Å². The highest BCUT2D eigenvalue weighted by atomic mass is 32.2. The summed E-state index contributed by atoms with van der Waals surface area (Å²) >= 11 is 1.39. The molecule has 4 heteroatoms. The Bertz CT molecular complexity index is 716. The summed E-state index contributed by atoms with van der Waals surface area (Å²) in [4.78, 5) is 16.1. The van der Waals surface area contributed by atoms with Crippen LogP contribution in [0.5, 0.6) is 5.75 Å². The fourth-order valence-electron chi connectivity index (χ4n) is 1.97. The van der Waals surface area contributed by atoms with Crippen molar-refractivity contribution in [3.8, 4) is 5.75 Å². The molecule has 0 fully saturated rings. The van der Waals surface area contributed by atoms with E-state index in [1.54, 1.807) is 30.7 Å². The van der Waals surface area contributed by atoms with E-state index in [4.69, 9.17) is 4.74 Å². The number of hydrogen-bond donors (Lipinski definition) is 1. The predicted molar refractivity (Wildman–Crippen MR) is 82.7 cm³/mol. The van der Waals surface area contributed by atoms with Crippen molar-refractivity contribution in [3.63, 3.8) is 0 Å². The molecule has 1 heterocycles. The molecule has 19 heavy (non-hydrogen) atoms. The molecule has 0 atom stereocenters. The number of pyridine rings is 1. The maximum atomic E-state index is 12.1. The van der Waals surface area contributed by atoms with Gasteiger partial charge in [-0.15, -0.1) is 0 Å². The fourth-order valence-corrected chi connectivity index (χ4v) is 2.41. The van der Waals surface area contributed by atoms with Crippen LogP contribution in [0.2, 0.25) is 0 Å². The van der Waals surface area contributed by atoms with Crippen LogP contribution in [0.4, 0.5) is 0 Å². The minimum Gasteiger partial charge on any atom is -0.496 e. The Morgan fingerprint density at radius 2 is 2.21 bits per heavy atom. The third-order valence-electron chi connectivity index (χ3n) is 2.96. The minimum absolute atomic E-state index is 0.0275. The molecule has 2 rings (SSSR count). The fraction of sp³-hybridized carbons (Fsp3) is 0.133. The van der Waals surface area contributed by atoms with Crippen LogP contribution in [0.15, 0.2) is 41.6 Å². The molecule has 3 nitrogen and oxygen atoms in total. The van der Waals surface area contributed by atoms with Gasteiger partial charge in [-0.1, -0.05) is 24.9 Å². The van der Waals surface area contributed by atoms with Gasteiger partial charge in [0.05, 0.1) is 18.3 Å². The largest absolute Gasteiger partial charge is 0.496 e. The number of ether oxygens (including phenoxy) is 1. The van der Waals surface area contributed by atoms with Gasteiger partial charge in [-0.3, -0.25) is 4.79 Å². The molecule has 0 bridgehead atoms. The molecule has 0 radical (unpaired) electrons. The highest BCUT2D eigenvalue weighted by Crippen LogP contribution is 2.28. The van der Waals surface area contributed by atoms with Gasteiger partial charge in [-0.2, -0.15) is 0 Å². The molecule has 0 aliphatic heterocycles. The quantitative estimate of drug-likeness (QED) is 0.923. The Labute approximate surface area is 116 Å². The summed E-state index contributed by atoms with van der Waals surface area (Å²) in [6, 6.07) is 5.14. The predicted octanol–water partition coefficient (Wildman–Crippen LogP) is 3.69. The third-order valence-corrected chi connectivity index (χ3v) is 3.63. The lowest BCUT2D eigenvalue weighted by molar-refractivity contribution is 0.412. The number of methoxy groups -OCH3 is 1. The van der Waals surface area contributed by atoms with E-state index in [0.29, 0.717) is 11.1 Å². The summed E-state index contributed by atoms with van der Waals surface area (Å²) in [5.74, 6) is 0.752. The Morgan fingerprint density at radius 1 is 1.47 bits per heavy atom. The summed E-state index contributed by atoms with van der Waals surface area (Å²) in [7, 11) is 1.61. The zero-order chi connectivity index (χ0) is 14.0. The lowest BCUT2D eigenvalue weighted by atomic mass is 10.1. The highest BCUT2D eigenvalue weighted by Gasteiger charge is 2.09. The average Bonchev–Trinajstić information content (AvgIpc) is 2.40. The van der Waals surface area contributed by atoms with Crippen molar-refractivity contribution in [1.82, 2.24) is 4.98 Å². The van der Waals surface area contributed by atoms with Gasteiger partial charge >= 0.3 is 0 Å². The number of hydrogen-bond acceptors (Lipinski definition) is 3. The summed E-state index contributed by atoms with van der Waals surface area (Å²) in [6.45, 7) is 9.49. The van der Waals surface area contributed by atoms with E-state index < -0.39 is 0 Å². The van der Waals surface area contributed by atoms with Crippen molar-refractivity contribution in [2.75, 3.05) is 7.11 Å². The summed E-state index contributed by atoms with van der Waals surface area (Å²) in [6.07, 6.45) is 0. The Hall–Kier alpha value is -1.94. The molecule has 0 amide bonds. The van der Waals surface area contributed by atoms with Crippen LogP contribution in [0.25, 0.3) is 15.8 Å². The monoisotopic (exact) mass is 273 g/mol. The zero-order valence-electron chi connectivity index (χ0n) is 10.9. The number of aryl methyl sites for hydroxylation is 1. The molecule has 0 aliphatic rings. The Balaban J connectivity index is 2.73. The lowest BCUT2D eigenvalue weighted by Crippen LogP contribution is -2.05. The van der Waals surface area contributed by atoms with Gasteiger partial charge in [0.2, 0.25) is 0 Å². The number of benzene rings is 1. The second kappa shape index (κ2) is 5.36. The maximum absolute atomic E-state index is 12.1. The molecule has 0 saturated carbocycles. The number of aromatic amines is 1. The first-order valence-electron chi connectivity index (χ1n) is 5.76. The van der Waals surface area contributed by atoms with Crippen LogP contribution in [0.1, 0.15) is 11.3 Å². The van der Waals surface area contributed by atoms with Gasteiger partial charge in [-0.05, 0) is 24.5 Å². The van der Waals surface area contributed by atoms with Gasteiger partial charge in [0, 0.05) is 21.9 Å². The van der Waals surface area contributed by atoms with Crippen molar-refractivity contribution in [3.05, 3.63) is 58.2 Å². The first kappa shape index (κ1) is 13.5. The molecule has 0 unspecified atom stereocenters. The minimum atomic E-state index is -0.0275. The van der Waals surface area contributed by atoms with Crippen LogP contribution in [0.3, 0.4) is 0 Å². The number of nitrogens with one attached hydrogen (secondary N) is 1. The third kappa shape index (κ3) is 2.44. The van der Waals surface area contributed by atoms with Crippen LogP contribution in [0, 0.1) is 6.92 Å². The molecular formula is C15H15NO2S. The molecule has 1 aromatic heterocycles. The first-order chi connectivity index (χ1) is 9.08. The summed E-state index contributed by atoms with van der Waals surface area (Å²) in [5, 5.41) is 2.34. The standard InChI is InChI=1S/C15H15NO2S/c1-5-19-10(3)12-8-13(17)11-6-7-14(18-4)9(2)15(11)16-12/h5-8H,1,3H2,2,4H3,(H,16,17). The molecule has 1 aromatic carbocycles. The lowest BCUT2D eigenvalue weighted by Gasteiger charge is -2.10. The van der Waals surface area contributed by atoms with Crippen LogP contribution >= 0.6 is 11.8 Å². The van der Waals surface area contributed by atoms with Crippen molar-refractivity contribution in [2.45, 2.75) is 6.92 Å². The summed E-state index contributed by atoms with van der Waals surface area (Å²) < 4.78 is 5.27. The number of aromatic nitrogens is 1. The van der Waals surface area contributed by atoms with Gasteiger partial charge in [0.15, 0.2) is 5.43 Å². The van der Waals surface area contributed by atoms with Crippen LogP contribution in [-0.4, -0.2) is 12.1 Å². The van der Waals surface area contributed by atoms with Crippen molar-refractivity contribution in [2.24, 2.45) is 0 Å². The Morgan fingerprint density at radius 3 is 2.84 bits per heavy atom. The normalized spacial score (nSPS) is 10.4. The summed E-state index contributed by atoms with van der Waals surface area (Å²) in [5.41, 5.74) is 2.38. The molecule has 2 aromatic rings. The van der Waals surface area contributed by atoms with Gasteiger partial charge < -0.3 is 9.72 Å². The van der Waals surface area contributed by atoms with E-state index in [9.17, 15) is 4.79 Å². The number of rotatable bonds is 4. The van der Waals surface area contributed by atoms with E-state index in [1.807, 2.05) is 6.92 Å². The molecule has 98 valence electrons. The van der Waals surface area contributed by atoms with Crippen LogP contribution in [-0.2, 0) is 0 Å². The van der Waals surface area contributed by atoms with E-state index in [-0.39, 0.29) is 5.43 Å². The Kier molecular flexibility index (Phi) is 3.81. The van der Waals surface area contributed by atoms with Crippen LogP contribution < -0.4 is 10.2 Å². The van der Waals surface area contributed by atoms with Gasteiger partial charge in [-0.25, -0.2) is 0 Å². The van der Waals surface area contributed by atoms with E-state index in [2.05, 4.69) is 18.1 Å². The zero-order valence-corrected chi connectivity index (χ0v) is 11.8. The smallest absolute Gasteiger partial charge is 0.190 e. The number of thioether (sulfide) groups is 1. The molecule has 1 N–H and O–H groups in total. The SMILES string of the molecule is C=CSC(=C)c1cc(=O)c2ccc(OC)c(C)c2[nH]1. The molecule has 0 saturated heterocycles. The topological polar surface area (TPSA) is 42.1 Å². The van der Waals surface area contributed by atoms with Crippen molar-refractivity contribution >= 4 is 27.6 Å². The number of fused-ring (bicyclic) bond motifs is 1. The number of H-pyrrole nitrogens is 1. The first-order valence-corrected chi connectivity index (χ1v) is 6.64. The highest BCUT2D eigenvalue weighted by molar-refractivity contribution is 8.10. The average molecular weight is 273 g/mol. The van der Waals surface area contributed by atoms with E-state index >= 15 is 0 Å². The molecule has 0 aliphatic carbocycles. The van der Waals surface area contributed by atoms with Crippen molar-refractivity contribution in [1.29, 1.82) is 0 Å². The van der Waals surface area contributed by atoms with Gasteiger partial charge in [0.1, 0.15) is 5.75 Å². The maximum Gasteiger partial charge on any atom is 0.190 e.